The van der Waals surface area contributed by atoms with E-state index in [0.717, 1.165) is 28.9 Å². The van der Waals surface area contributed by atoms with E-state index in [4.69, 9.17) is 9.47 Å². The summed E-state index contributed by atoms with van der Waals surface area (Å²) in [6, 6.07) is 9.33. The maximum absolute atomic E-state index is 12.6. The number of thiazole rings is 2. The van der Waals surface area contributed by atoms with Crippen LogP contribution in [0, 0.1) is 0 Å². The Morgan fingerprint density at radius 3 is 2.24 bits per heavy atom. The van der Waals surface area contributed by atoms with Gasteiger partial charge in [-0.1, -0.05) is 11.3 Å². The molecule has 2 aromatic heterocycles. The number of fused-ring (bicyclic) bond motifs is 1. The molecule has 0 radical (unpaired) electrons. The van der Waals surface area contributed by atoms with Gasteiger partial charge in [0, 0.05) is 23.3 Å². The van der Waals surface area contributed by atoms with Gasteiger partial charge in [-0.15, -0.1) is 11.3 Å². The molecule has 4 rings (SSSR count). The minimum absolute atomic E-state index is 0.0969. The molecule has 176 valence electrons. The van der Waals surface area contributed by atoms with Gasteiger partial charge in [-0.05, 0) is 30.3 Å². The van der Waals surface area contributed by atoms with Crippen molar-refractivity contribution in [1.82, 2.24) is 9.97 Å². The van der Waals surface area contributed by atoms with Crippen molar-refractivity contribution in [2.75, 3.05) is 31.1 Å². The second-order valence-corrected chi connectivity index (χ2v) is 10.9. The summed E-state index contributed by atoms with van der Waals surface area (Å²) in [4.78, 5) is 33.9. The highest BCUT2D eigenvalue weighted by Crippen LogP contribution is 2.29. The molecule has 0 fully saturated rings. The van der Waals surface area contributed by atoms with Crippen LogP contribution in [0.1, 0.15) is 20.8 Å². The van der Waals surface area contributed by atoms with Crippen LogP contribution >= 0.6 is 22.7 Å². The minimum Gasteiger partial charge on any atom is -0.497 e. The summed E-state index contributed by atoms with van der Waals surface area (Å²) in [7, 11) is -0.383. The molecule has 0 bridgehead atoms. The fourth-order valence-electron chi connectivity index (χ4n) is 2.89. The number of carbonyl (C=O) groups is 2. The smallest absolute Gasteiger partial charge is 0.276 e. The Morgan fingerprint density at radius 1 is 0.912 bits per heavy atom. The predicted molar refractivity (Wildman–Crippen MR) is 130 cm³/mol. The lowest BCUT2D eigenvalue weighted by Gasteiger charge is -2.08. The predicted octanol–water partition coefficient (Wildman–Crippen LogP) is 3.68. The molecule has 0 saturated carbocycles. The van der Waals surface area contributed by atoms with Gasteiger partial charge in [0.25, 0.3) is 11.8 Å². The zero-order valence-electron chi connectivity index (χ0n) is 18.1. The van der Waals surface area contributed by atoms with Crippen LogP contribution in [-0.4, -0.2) is 50.7 Å². The average molecular weight is 519 g/mol. The molecular formula is C21H18N4O6S3. The average Bonchev–Trinajstić information content (AvgIpc) is 3.43. The van der Waals surface area contributed by atoms with E-state index in [2.05, 4.69) is 20.6 Å². The van der Waals surface area contributed by atoms with E-state index in [9.17, 15) is 18.0 Å². The number of anilines is 2. The van der Waals surface area contributed by atoms with Crippen molar-refractivity contribution in [3.05, 3.63) is 53.0 Å². The Morgan fingerprint density at radius 2 is 1.59 bits per heavy atom. The molecule has 2 amide bonds. The first-order valence-electron chi connectivity index (χ1n) is 9.58. The molecule has 2 N–H and O–H groups in total. The number of hydrogen-bond donors (Lipinski definition) is 2. The van der Waals surface area contributed by atoms with E-state index < -0.39 is 21.7 Å². The number of nitrogens with zero attached hydrogens (tertiary/aromatic N) is 2. The van der Waals surface area contributed by atoms with Crippen LogP contribution in [0.4, 0.5) is 10.3 Å². The number of carbonyl (C=O) groups excluding carboxylic acids is 2. The van der Waals surface area contributed by atoms with Gasteiger partial charge in [0.2, 0.25) is 0 Å². The topological polar surface area (TPSA) is 137 Å². The molecule has 0 aliphatic rings. The molecule has 4 aromatic rings. The highest BCUT2D eigenvalue weighted by Gasteiger charge is 2.17. The molecule has 2 heterocycles. The van der Waals surface area contributed by atoms with Crippen molar-refractivity contribution >= 4 is 64.8 Å². The summed E-state index contributed by atoms with van der Waals surface area (Å²) >= 11 is 2.24. The molecule has 13 heteroatoms. The zero-order valence-corrected chi connectivity index (χ0v) is 20.6. The molecule has 34 heavy (non-hydrogen) atoms. The Balaban J connectivity index is 1.47. The number of sulfone groups is 1. The molecule has 0 aliphatic heterocycles. The number of ether oxygens (including phenoxy) is 2. The van der Waals surface area contributed by atoms with Gasteiger partial charge in [-0.3, -0.25) is 20.2 Å². The van der Waals surface area contributed by atoms with Crippen LogP contribution in [0.3, 0.4) is 0 Å². The molecule has 0 aliphatic carbocycles. The van der Waals surface area contributed by atoms with Gasteiger partial charge in [-0.25, -0.2) is 18.4 Å². The van der Waals surface area contributed by atoms with Crippen molar-refractivity contribution in [2.45, 2.75) is 4.90 Å². The van der Waals surface area contributed by atoms with E-state index >= 15 is 0 Å². The van der Waals surface area contributed by atoms with Crippen molar-refractivity contribution in [1.29, 1.82) is 0 Å². The van der Waals surface area contributed by atoms with Crippen molar-refractivity contribution in [3.8, 4) is 11.5 Å². The molecule has 10 nitrogen and oxygen atoms in total. The third-order valence-corrected chi connectivity index (χ3v) is 7.38. The van der Waals surface area contributed by atoms with Crippen LogP contribution in [0.25, 0.3) is 10.2 Å². The second kappa shape index (κ2) is 9.37. The molecule has 0 spiro atoms. The number of methoxy groups -OCH3 is 2. The lowest BCUT2D eigenvalue weighted by Crippen LogP contribution is -2.14. The van der Waals surface area contributed by atoms with Gasteiger partial charge in [-0.2, -0.15) is 0 Å². The lowest BCUT2D eigenvalue weighted by atomic mass is 10.2. The molecule has 2 aromatic carbocycles. The Labute approximate surface area is 202 Å². The van der Waals surface area contributed by atoms with Gasteiger partial charge >= 0.3 is 0 Å². The van der Waals surface area contributed by atoms with Gasteiger partial charge < -0.3 is 9.47 Å². The SMILES string of the molecule is COc1cc(OC)cc(C(=O)Nc2nc(C(=O)Nc3nc4ccc(S(C)(=O)=O)cc4s3)cs2)c1. The quantitative estimate of drug-likeness (QED) is 0.378. The van der Waals surface area contributed by atoms with Crippen molar-refractivity contribution in [3.63, 3.8) is 0 Å². The fourth-order valence-corrected chi connectivity index (χ4v) is 5.20. The van der Waals surface area contributed by atoms with E-state index in [1.54, 1.807) is 24.3 Å². The van der Waals surface area contributed by atoms with Crippen LogP contribution in [0.5, 0.6) is 11.5 Å². The van der Waals surface area contributed by atoms with Crippen molar-refractivity contribution in [2.24, 2.45) is 0 Å². The van der Waals surface area contributed by atoms with E-state index in [0.29, 0.717) is 32.4 Å². The minimum atomic E-state index is -3.35. The number of aromatic nitrogens is 2. The van der Waals surface area contributed by atoms with Gasteiger partial charge in [0.05, 0.1) is 29.3 Å². The van der Waals surface area contributed by atoms with E-state index in [1.807, 2.05) is 0 Å². The lowest BCUT2D eigenvalue weighted by molar-refractivity contribution is 0.101. The zero-order chi connectivity index (χ0) is 24.5. The summed E-state index contributed by atoms with van der Waals surface area (Å²) in [6.07, 6.45) is 1.13. The first-order chi connectivity index (χ1) is 16.2. The fraction of sp³-hybridized carbons (Fsp3) is 0.143. The molecular weight excluding hydrogens is 500 g/mol. The molecule has 0 atom stereocenters. The number of nitrogens with one attached hydrogen (secondary N) is 2. The van der Waals surface area contributed by atoms with Crippen LogP contribution in [-0.2, 0) is 9.84 Å². The van der Waals surface area contributed by atoms with E-state index in [-0.39, 0.29) is 15.7 Å². The summed E-state index contributed by atoms with van der Waals surface area (Å²) in [6.45, 7) is 0. The molecule has 0 saturated heterocycles. The van der Waals surface area contributed by atoms with Gasteiger partial charge in [0.1, 0.15) is 17.2 Å². The van der Waals surface area contributed by atoms with Gasteiger partial charge in [0.15, 0.2) is 20.1 Å². The first kappa shape index (κ1) is 23.6. The largest absolute Gasteiger partial charge is 0.497 e. The second-order valence-electron chi connectivity index (χ2n) is 6.97. The van der Waals surface area contributed by atoms with Crippen LogP contribution < -0.4 is 20.1 Å². The Hall–Kier alpha value is -3.55. The highest BCUT2D eigenvalue weighted by atomic mass is 32.2. The van der Waals surface area contributed by atoms with Crippen LogP contribution in [0.2, 0.25) is 0 Å². The van der Waals surface area contributed by atoms with E-state index in [1.165, 1.54) is 31.7 Å². The standard InChI is InChI=1S/C21H18N4O6S3/c1-30-12-6-11(7-13(8-12)31-2)18(26)24-20-23-16(10-32-20)19(27)25-21-22-15-5-4-14(34(3,28)29)9-17(15)33-21/h4-10H,1-3H3,(H,22,25,27)(H,23,24,26). The van der Waals surface area contributed by atoms with Crippen LogP contribution in [0.15, 0.2) is 46.7 Å². The normalized spacial score (nSPS) is 11.3. The highest BCUT2D eigenvalue weighted by molar-refractivity contribution is 7.90. The summed E-state index contributed by atoms with van der Waals surface area (Å²) < 4.78 is 34.5. The number of benzene rings is 2. The monoisotopic (exact) mass is 518 g/mol. The van der Waals surface area contributed by atoms with Crippen molar-refractivity contribution < 1.29 is 27.5 Å². The number of hydrogen-bond acceptors (Lipinski definition) is 10. The maximum atomic E-state index is 12.6. The third kappa shape index (κ3) is 5.16. The molecule has 0 unspecified atom stereocenters. The first-order valence-corrected chi connectivity index (χ1v) is 13.2. The maximum Gasteiger partial charge on any atom is 0.276 e. The Kier molecular flexibility index (Phi) is 6.50. The Bertz CT molecular complexity index is 1490. The summed E-state index contributed by atoms with van der Waals surface area (Å²) in [5, 5.41) is 7.34. The summed E-state index contributed by atoms with van der Waals surface area (Å²) in [5.41, 5.74) is 0.965. The third-order valence-electron chi connectivity index (χ3n) is 4.58. The number of amides is 2. The number of rotatable bonds is 7. The summed E-state index contributed by atoms with van der Waals surface area (Å²) in [5.74, 6) is -0.0278.